The van der Waals surface area contributed by atoms with Gasteiger partial charge in [0.1, 0.15) is 5.82 Å². The Bertz CT molecular complexity index is 972. The van der Waals surface area contributed by atoms with Gasteiger partial charge in [0.05, 0.1) is 5.52 Å². The molecule has 0 radical (unpaired) electrons. The summed E-state index contributed by atoms with van der Waals surface area (Å²) in [7, 11) is 2.04. The van der Waals surface area contributed by atoms with Gasteiger partial charge in [0.15, 0.2) is 5.82 Å². The van der Waals surface area contributed by atoms with Crippen molar-refractivity contribution in [2.45, 2.75) is 0 Å². The molecule has 0 N–H and O–H groups in total. The molecular formula is C21H18ClN3. The molecule has 3 nitrogen and oxygen atoms in total. The van der Waals surface area contributed by atoms with Crippen molar-refractivity contribution in [2.24, 2.45) is 0 Å². The molecule has 0 fully saturated rings. The molecule has 4 aromatic rings. The Morgan fingerprint density at radius 3 is 2.00 bits per heavy atom. The first kappa shape index (κ1) is 16.9. The zero-order valence-electron chi connectivity index (χ0n) is 13.8. The van der Waals surface area contributed by atoms with Crippen molar-refractivity contribution in [3.8, 4) is 11.4 Å². The van der Waals surface area contributed by atoms with Crippen LogP contribution in [0.4, 0.5) is 11.5 Å². The molecule has 4 heteroatoms. The molecule has 0 bridgehead atoms. The number of rotatable bonds is 3. The molecule has 0 aliphatic heterocycles. The first-order valence-electron chi connectivity index (χ1n) is 7.94. The molecular weight excluding hydrogens is 330 g/mol. The van der Waals surface area contributed by atoms with Crippen LogP contribution in [-0.4, -0.2) is 17.0 Å². The molecule has 0 aliphatic rings. The first-order chi connectivity index (χ1) is 11.8. The second-order valence-corrected chi connectivity index (χ2v) is 5.65. The van der Waals surface area contributed by atoms with Crippen LogP contribution in [0, 0.1) is 0 Å². The number of hydrogen-bond donors (Lipinski definition) is 0. The second kappa shape index (κ2) is 7.32. The highest BCUT2D eigenvalue weighted by atomic mass is 35.5. The number of aromatic nitrogens is 2. The van der Waals surface area contributed by atoms with Crippen molar-refractivity contribution >= 4 is 34.8 Å². The summed E-state index contributed by atoms with van der Waals surface area (Å²) >= 11 is 0. The number of nitrogens with zero attached hydrogens (tertiary/aromatic N) is 3. The van der Waals surface area contributed by atoms with Crippen LogP contribution >= 0.6 is 12.4 Å². The van der Waals surface area contributed by atoms with Crippen molar-refractivity contribution in [3.05, 3.63) is 84.9 Å². The average molecular weight is 348 g/mol. The summed E-state index contributed by atoms with van der Waals surface area (Å²) in [5, 5.41) is 1.04. The molecule has 0 atom stereocenters. The lowest BCUT2D eigenvalue weighted by atomic mass is 10.1. The minimum atomic E-state index is 0. The molecule has 0 aliphatic carbocycles. The number of anilines is 2. The fraction of sp³-hybridized carbons (Fsp3) is 0.0476. The highest BCUT2D eigenvalue weighted by Crippen LogP contribution is 2.30. The predicted octanol–water partition coefficient (Wildman–Crippen LogP) is 5.49. The zero-order valence-corrected chi connectivity index (χ0v) is 14.6. The van der Waals surface area contributed by atoms with Crippen LogP contribution in [-0.2, 0) is 0 Å². The minimum absolute atomic E-state index is 0. The molecule has 4 rings (SSSR count). The van der Waals surface area contributed by atoms with Crippen LogP contribution in [0.3, 0.4) is 0 Å². The van der Waals surface area contributed by atoms with Gasteiger partial charge in [-0.25, -0.2) is 9.97 Å². The Balaban J connectivity index is 0.00000182. The lowest BCUT2D eigenvalue weighted by Crippen LogP contribution is -2.12. The van der Waals surface area contributed by atoms with Crippen LogP contribution in [0.25, 0.3) is 22.3 Å². The third-order valence-corrected chi connectivity index (χ3v) is 4.08. The monoisotopic (exact) mass is 347 g/mol. The van der Waals surface area contributed by atoms with Gasteiger partial charge in [0.25, 0.3) is 0 Å². The predicted molar refractivity (Wildman–Crippen MR) is 107 cm³/mol. The Kier molecular flexibility index (Phi) is 4.96. The van der Waals surface area contributed by atoms with Gasteiger partial charge in [-0.1, -0.05) is 60.7 Å². The summed E-state index contributed by atoms with van der Waals surface area (Å²) in [6, 6.07) is 28.5. The van der Waals surface area contributed by atoms with Crippen molar-refractivity contribution in [2.75, 3.05) is 11.9 Å². The van der Waals surface area contributed by atoms with Gasteiger partial charge in [0.2, 0.25) is 0 Å². The molecule has 1 heterocycles. The quantitative estimate of drug-likeness (QED) is 0.491. The minimum Gasteiger partial charge on any atom is -0.329 e. The summed E-state index contributed by atoms with van der Waals surface area (Å²) in [4.78, 5) is 11.7. The molecule has 3 aromatic carbocycles. The van der Waals surface area contributed by atoms with Gasteiger partial charge in [-0.2, -0.15) is 0 Å². The van der Waals surface area contributed by atoms with E-state index in [1.54, 1.807) is 0 Å². The fourth-order valence-corrected chi connectivity index (χ4v) is 2.81. The van der Waals surface area contributed by atoms with E-state index in [9.17, 15) is 0 Å². The van der Waals surface area contributed by atoms with Crippen molar-refractivity contribution in [3.63, 3.8) is 0 Å². The van der Waals surface area contributed by atoms with E-state index in [2.05, 4.69) is 23.1 Å². The summed E-state index contributed by atoms with van der Waals surface area (Å²) in [6.07, 6.45) is 0. The maximum Gasteiger partial charge on any atom is 0.162 e. The number of halogens is 1. The van der Waals surface area contributed by atoms with E-state index in [0.29, 0.717) is 0 Å². The summed E-state index contributed by atoms with van der Waals surface area (Å²) in [6.45, 7) is 0. The molecule has 124 valence electrons. The van der Waals surface area contributed by atoms with Gasteiger partial charge < -0.3 is 4.90 Å². The van der Waals surface area contributed by atoms with Gasteiger partial charge in [-0.3, -0.25) is 0 Å². The zero-order chi connectivity index (χ0) is 16.4. The highest BCUT2D eigenvalue weighted by Gasteiger charge is 2.13. The van der Waals surface area contributed by atoms with E-state index in [1.807, 2.05) is 73.8 Å². The van der Waals surface area contributed by atoms with Crippen molar-refractivity contribution in [1.82, 2.24) is 9.97 Å². The van der Waals surface area contributed by atoms with Crippen LogP contribution in [0.5, 0.6) is 0 Å². The Morgan fingerprint density at radius 2 is 1.28 bits per heavy atom. The average Bonchev–Trinajstić information content (AvgIpc) is 2.68. The fourth-order valence-electron chi connectivity index (χ4n) is 2.81. The molecule has 0 saturated carbocycles. The molecule has 0 spiro atoms. The third kappa shape index (κ3) is 3.32. The van der Waals surface area contributed by atoms with Crippen LogP contribution < -0.4 is 4.90 Å². The Morgan fingerprint density at radius 1 is 0.680 bits per heavy atom. The lowest BCUT2D eigenvalue weighted by Gasteiger charge is -2.20. The normalized spacial score (nSPS) is 10.3. The van der Waals surface area contributed by atoms with E-state index >= 15 is 0 Å². The Hall–Kier alpha value is -2.91. The topological polar surface area (TPSA) is 29.0 Å². The standard InChI is InChI=1S/C21H17N3.ClH/c1-24(17-12-6-3-7-13-17)21-18-14-8-9-15-19(18)22-20(23-21)16-10-4-2-5-11-16;/h2-15H,1H3;1H. The summed E-state index contributed by atoms with van der Waals surface area (Å²) in [5.41, 5.74) is 3.07. The van der Waals surface area contributed by atoms with Crippen molar-refractivity contribution < 1.29 is 0 Å². The second-order valence-electron chi connectivity index (χ2n) is 5.65. The van der Waals surface area contributed by atoms with Crippen LogP contribution in [0.15, 0.2) is 84.9 Å². The SMILES string of the molecule is CN(c1ccccc1)c1nc(-c2ccccc2)nc2ccccc12.Cl. The summed E-state index contributed by atoms with van der Waals surface area (Å²) < 4.78 is 0. The van der Waals surface area contributed by atoms with Gasteiger partial charge in [0, 0.05) is 23.7 Å². The van der Waals surface area contributed by atoms with Crippen molar-refractivity contribution in [1.29, 1.82) is 0 Å². The van der Waals surface area contributed by atoms with E-state index in [4.69, 9.17) is 9.97 Å². The van der Waals surface area contributed by atoms with E-state index in [0.717, 1.165) is 33.8 Å². The molecule has 25 heavy (non-hydrogen) atoms. The number of fused-ring (bicyclic) bond motifs is 1. The molecule has 1 aromatic heterocycles. The first-order valence-corrected chi connectivity index (χ1v) is 7.94. The highest BCUT2D eigenvalue weighted by molar-refractivity contribution is 5.92. The number of hydrogen-bond acceptors (Lipinski definition) is 3. The maximum absolute atomic E-state index is 4.86. The number of benzene rings is 3. The van der Waals surface area contributed by atoms with E-state index in [1.165, 1.54) is 0 Å². The third-order valence-electron chi connectivity index (χ3n) is 4.08. The molecule has 0 saturated heterocycles. The van der Waals surface area contributed by atoms with E-state index in [-0.39, 0.29) is 12.4 Å². The largest absolute Gasteiger partial charge is 0.329 e. The lowest BCUT2D eigenvalue weighted by molar-refractivity contribution is 1.12. The van der Waals surface area contributed by atoms with Gasteiger partial charge in [-0.05, 0) is 24.3 Å². The number of para-hydroxylation sites is 2. The Labute approximate surface area is 153 Å². The maximum atomic E-state index is 4.86. The van der Waals surface area contributed by atoms with Gasteiger partial charge in [-0.15, -0.1) is 12.4 Å². The van der Waals surface area contributed by atoms with Crippen LogP contribution in [0.2, 0.25) is 0 Å². The van der Waals surface area contributed by atoms with E-state index < -0.39 is 0 Å². The van der Waals surface area contributed by atoms with Gasteiger partial charge >= 0.3 is 0 Å². The smallest absolute Gasteiger partial charge is 0.162 e. The molecule has 0 amide bonds. The van der Waals surface area contributed by atoms with Crippen LogP contribution in [0.1, 0.15) is 0 Å². The molecule has 0 unspecified atom stereocenters. The summed E-state index contributed by atoms with van der Waals surface area (Å²) in [5.74, 6) is 1.65.